The maximum Gasteiger partial charge on any atom is 0.00721 e. The van der Waals surface area contributed by atoms with Gasteiger partial charge in [0.15, 0.2) is 0 Å². The molecule has 2 heteroatoms. The molecule has 16 heavy (non-hydrogen) atoms. The highest BCUT2D eigenvalue weighted by Crippen LogP contribution is 2.24. The largest absolute Gasteiger partial charge is 0.330 e. The van der Waals surface area contributed by atoms with E-state index >= 15 is 0 Å². The summed E-state index contributed by atoms with van der Waals surface area (Å²) in [5.41, 5.74) is 6.97. The first-order valence-corrected chi connectivity index (χ1v) is 7.19. The van der Waals surface area contributed by atoms with Crippen LogP contribution in [0.5, 0.6) is 0 Å². The van der Waals surface area contributed by atoms with E-state index in [1.807, 2.05) is 11.8 Å². The third-order valence-corrected chi connectivity index (χ3v) is 3.98. The second-order valence-electron chi connectivity index (χ2n) is 4.25. The minimum Gasteiger partial charge on any atom is -0.330 e. The zero-order valence-corrected chi connectivity index (χ0v) is 11.2. The van der Waals surface area contributed by atoms with E-state index in [4.69, 9.17) is 5.73 Å². The Morgan fingerprint density at radius 2 is 1.94 bits per heavy atom. The summed E-state index contributed by atoms with van der Waals surface area (Å²) in [4.78, 5) is 1.39. The molecule has 0 aliphatic carbocycles. The lowest BCUT2D eigenvalue weighted by molar-refractivity contribution is 0.640. The molecule has 1 rings (SSSR count). The Labute approximate surface area is 104 Å². The van der Waals surface area contributed by atoms with Crippen molar-refractivity contribution in [1.29, 1.82) is 0 Å². The van der Waals surface area contributed by atoms with Crippen molar-refractivity contribution in [2.45, 2.75) is 43.9 Å². The third kappa shape index (κ3) is 4.58. The molecule has 0 spiro atoms. The van der Waals surface area contributed by atoms with E-state index in [1.165, 1.54) is 29.1 Å². The van der Waals surface area contributed by atoms with Crippen LogP contribution in [0.3, 0.4) is 0 Å². The molecule has 0 aliphatic heterocycles. The molecular formula is C14H23NS. The number of thioether (sulfide) groups is 1. The van der Waals surface area contributed by atoms with Gasteiger partial charge >= 0.3 is 0 Å². The zero-order chi connectivity index (χ0) is 11.8. The molecule has 0 heterocycles. The van der Waals surface area contributed by atoms with Crippen LogP contribution in [0, 0.1) is 0 Å². The van der Waals surface area contributed by atoms with E-state index in [9.17, 15) is 0 Å². The van der Waals surface area contributed by atoms with Crippen molar-refractivity contribution in [2.24, 2.45) is 5.73 Å². The fraction of sp³-hybridized carbons (Fsp3) is 0.571. The van der Waals surface area contributed by atoms with Gasteiger partial charge < -0.3 is 5.73 Å². The van der Waals surface area contributed by atoms with Crippen LogP contribution in [0.25, 0.3) is 0 Å². The van der Waals surface area contributed by atoms with E-state index in [0.717, 1.165) is 13.0 Å². The standard InChI is InChI=1S/C14H23NS/c1-3-11-16-14-8-6-13(7-9-14)12(2)5-4-10-15/h6-9,12H,3-5,10-11,15H2,1-2H3. The van der Waals surface area contributed by atoms with Crippen LogP contribution in [0.15, 0.2) is 29.2 Å². The summed E-state index contributed by atoms with van der Waals surface area (Å²) in [7, 11) is 0. The van der Waals surface area contributed by atoms with Gasteiger partial charge in [0.2, 0.25) is 0 Å². The van der Waals surface area contributed by atoms with E-state index in [2.05, 4.69) is 38.1 Å². The van der Waals surface area contributed by atoms with Crippen molar-refractivity contribution >= 4 is 11.8 Å². The van der Waals surface area contributed by atoms with Crippen LogP contribution in [-0.4, -0.2) is 12.3 Å². The Morgan fingerprint density at radius 3 is 2.50 bits per heavy atom. The molecule has 0 bridgehead atoms. The minimum absolute atomic E-state index is 0.633. The monoisotopic (exact) mass is 237 g/mol. The molecule has 1 unspecified atom stereocenters. The summed E-state index contributed by atoms with van der Waals surface area (Å²) in [6.45, 7) is 5.30. The molecule has 1 aromatic carbocycles. The summed E-state index contributed by atoms with van der Waals surface area (Å²) in [5.74, 6) is 1.84. The lowest BCUT2D eigenvalue weighted by Gasteiger charge is -2.11. The molecule has 0 radical (unpaired) electrons. The predicted octanol–water partition coefficient (Wildman–Crippen LogP) is 4.03. The van der Waals surface area contributed by atoms with Gasteiger partial charge in [-0.3, -0.25) is 0 Å². The van der Waals surface area contributed by atoms with Gasteiger partial charge in [-0.05, 0) is 55.2 Å². The molecule has 1 atom stereocenters. The lowest BCUT2D eigenvalue weighted by atomic mass is 9.96. The lowest BCUT2D eigenvalue weighted by Crippen LogP contribution is -2.01. The normalized spacial score (nSPS) is 12.7. The number of hydrogen-bond donors (Lipinski definition) is 1. The maximum absolute atomic E-state index is 5.53. The van der Waals surface area contributed by atoms with E-state index in [0.29, 0.717) is 5.92 Å². The van der Waals surface area contributed by atoms with Gasteiger partial charge in [-0.1, -0.05) is 26.0 Å². The van der Waals surface area contributed by atoms with Gasteiger partial charge in [-0.2, -0.15) is 0 Å². The SMILES string of the molecule is CCCSc1ccc(C(C)CCCN)cc1. The van der Waals surface area contributed by atoms with Crippen LogP contribution < -0.4 is 5.73 Å². The minimum atomic E-state index is 0.633. The Kier molecular flexibility index (Phi) is 6.58. The smallest absolute Gasteiger partial charge is 0.00721 e. The summed E-state index contributed by atoms with van der Waals surface area (Å²) < 4.78 is 0. The van der Waals surface area contributed by atoms with Crippen molar-refractivity contribution in [3.63, 3.8) is 0 Å². The molecule has 0 fully saturated rings. The molecule has 0 aromatic heterocycles. The molecule has 0 amide bonds. The highest BCUT2D eigenvalue weighted by atomic mass is 32.2. The highest BCUT2D eigenvalue weighted by molar-refractivity contribution is 7.99. The average molecular weight is 237 g/mol. The van der Waals surface area contributed by atoms with Crippen LogP contribution in [-0.2, 0) is 0 Å². The molecule has 2 N–H and O–H groups in total. The Bertz CT molecular complexity index is 281. The second-order valence-corrected chi connectivity index (χ2v) is 5.42. The fourth-order valence-electron chi connectivity index (χ4n) is 1.70. The summed E-state index contributed by atoms with van der Waals surface area (Å²) in [6.07, 6.45) is 3.55. The number of nitrogens with two attached hydrogens (primary N) is 1. The molecule has 0 saturated heterocycles. The van der Waals surface area contributed by atoms with Crippen molar-refractivity contribution in [3.8, 4) is 0 Å². The van der Waals surface area contributed by atoms with Gasteiger partial charge in [0.05, 0.1) is 0 Å². The van der Waals surface area contributed by atoms with Crippen molar-refractivity contribution in [1.82, 2.24) is 0 Å². The highest BCUT2D eigenvalue weighted by Gasteiger charge is 2.04. The second kappa shape index (κ2) is 7.75. The maximum atomic E-state index is 5.53. The first-order chi connectivity index (χ1) is 7.77. The van der Waals surface area contributed by atoms with Gasteiger partial charge in [0.1, 0.15) is 0 Å². The van der Waals surface area contributed by atoms with E-state index < -0.39 is 0 Å². The third-order valence-electron chi connectivity index (χ3n) is 2.76. The Morgan fingerprint density at radius 1 is 1.25 bits per heavy atom. The Hall–Kier alpha value is -0.470. The Balaban J connectivity index is 2.49. The van der Waals surface area contributed by atoms with Crippen LogP contribution in [0.4, 0.5) is 0 Å². The average Bonchev–Trinajstić information content (AvgIpc) is 2.34. The molecule has 0 saturated carbocycles. The predicted molar refractivity (Wildman–Crippen MR) is 74.2 cm³/mol. The van der Waals surface area contributed by atoms with Crippen LogP contribution >= 0.6 is 11.8 Å². The van der Waals surface area contributed by atoms with Crippen LogP contribution in [0.2, 0.25) is 0 Å². The zero-order valence-electron chi connectivity index (χ0n) is 10.4. The molecular weight excluding hydrogens is 214 g/mol. The summed E-state index contributed by atoms with van der Waals surface area (Å²) in [5, 5.41) is 0. The van der Waals surface area contributed by atoms with E-state index in [1.54, 1.807) is 0 Å². The molecule has 0 aliphatic rings. The topological polar surface area (TPSA) is 26.0 Å². The first-order valence-electron chi connectivity index (χ1n) is 6.20. The van der Waals surface area contributed by atoms with Gasteiger partial charge in [-0.25, -0.2) is 0 Å². The van der Waals surface area contributed by atoms with Crippen molar-refractivity contribution in [3.05, 3.63) is 29.8 Å². The van der Waals surface area contributed by atoms with Gasteiger partial charge in [0.25, 0.3) is 0 Å². The molecule has 1 aromatic rings. The first kappa shape index (κ1) is 13.6. The fourth-order valence-corrected chi connectivity index (χ4v) is 2.47. The van der Waals surface area contributed by atoms with E-state index in [-0.39, 0.29) is 0 Å². The summed E-state index contributed by atoms with van der Waals surface area (Å²) in [6, 6.07) is 9.02. The number of rotatable bonds is 7. The van der Waals surface area contributed by atoms with Gasteiger partial charge in [0, 0.05) is 4.90 Å². The van der Waals surface area contributed by atoms with Crippen molar-refractivity contribution < 1.29 is 0 Å². The van der Waals surface area contributed by atoms with Gasteiger partial charge in [-0.15, -0.1) is 11.8 Å². The molecule has 90 valence electrons. The summed E-state index contributed by atoms with van der Waals surface area (Å²) >= 11 is 1.94. The quantitative estimate of drug-likeness (QED) is 0.725. The van der Waals surface area contributed by atoms with Crippen molar-refractivity contribution in [2.75, 3.05) is 12.3 Å². The number of hydrogen-bond acceptors (Lipinski definition) is 2. The number of benzene rings is 1. The van der Waals surface area contributed by atoms with Crippen LogP contribution in [0.1, 0.15) is 44.6 Å². The molecule has 1 nitrogen and oxygen atoms in total.